The second kappa shape index (κ2) is 10.4. The van der Waals surface area contributed by atoms with Crippen LogP contribution in [0.4, 0.5) is 0 Å². The standard InChI is InChI=1S/C20H34NO6P/c1-8-20(6,19(22)23)21-28(24,13-25-7)27-12-26-18-16(14(2)3)10-9-11-17(18)15(4)5/h9-11,14-15H,8,12-13H2,1-7H3,(H,21,24)(H,22,23). The Bertz CT molecular complexity index is 680. The molecule has 7 nitrogen and oxygen atoms in total. The minimum atomic E-state index is -3.60. The van der Waals surface area contributed by atoms with E-state index in [1.165, 1.54) is 14.0 Å². The van der Waals surface area contributed by atoms with Crippen molar-refractivity contribution in [3.05, 3.63) is 29.3 Å². The molecule has 0 bridgehead atoms. The number of hydrogen-bond acceptors (Lipinski definition) is 5. The van der Waals surface area contributed by atoms with E-state index in [1.54, 1.807) is 6.92 Å². The third kappa shape index (κ3) is 6.31. The minimum absolute atomic E-state index is 0.230. The molecule has 0 aromatic heterocycles. The summed E-state index contributed by atoms with van der Waals surface area (Å²) in [6.45, 7) is 11.2. The first-order valence-electron chi connectivity index (χ1n) is 9.50. The van der Waals surface area contributed by atoms with E-state index in [1.807, 2.05) is 18.2 Å². The number of carboxylic acids is 1. The molecule has 2 unspecified atom stereocenters. The minimum Gasteiger partial charge on any atom is -0.480 e. The molecular formula is C20H34NO6P. The summed E-state index contributed by atoms with van der Waals surface area (Å²) in [4.78, 5) is 11.6. The Morgan fingerprint density at radius 2 is 1.75 bits per heavy atom. The van der Waals surface area contributed by atoms with Crippen LogP contribution in [-0.2, 0) is 18.6 Å². The molecule has 1 aromatic rings. The topological polar surface area (TPSA) is 94.1 Å². The van der Waals surface area contributed by atoms with Gasteiger partial charge in [0, 0.05) is 7.11 Å². The Hall–Kier alpha value is -1.40. The van der Waals surface area contributed by atoms with Crippen LogP contribution < -0.4 is 9.82 Å². The third-order valence-corrected chi connectivity index (χ3v) is 6.63. The molecule has 0 fully saturated rings. The van der Waals surface area contributed by atoms with E-state index in [2.05, 4.69) is 32.8 Å². The van der Waals surface area contributed by atoms with Gasteiger partial charge in [0.05, 0.1) is 0 Å². The molecule has 0 aliphatic carbocycles. The molecule has 28 heavy (non-hydrogen) atoms. The summed E-state index contributed by atoms with van der Waals surface area (Å²) < 4.78 is 29.6. The summed E-state index contributed by atoms with van der Waals surface area (Å²) in [5.41, 5.74) is 0.675. The first kappa shape index (κ1) is 24.6. The summed E-state index contributed by atoms with van der Waals surface area (Å²) in [6, 6.07) is 5.99. The third-order valence-electron chi connectivity index (χ3n) is 4.68. The van der Waals surface area contributed by atoms with Crippen molar-refractivity contribution in [2.75, 3.05) is 20.3 Å². The van der Waals surface area contributed by atoms with Crippen molar-refractivity contribution in [3.63, 3.8) is 0 Å². The van der Waals surface area contributed by atoms with Crippen LogP contribution in [0.3, 0.4) is 0 Å². The van der Waals surface area contributed by atoms with Crippen LogP contribution >= 0.6 is 7.52 Å². The summed E-state index contributed by atoms with van der Waals surface area (Å²) in [5.74, 6) is 0.0945. The number of nitrogens with one attached hydrogen (secondary N) is 1. The largest absolute Gasteiger partial charge is 0.480 e. The number of aliphatic carboxylic acids is 1. The quantitative estimate of drug-likeness (QED) is 0.369. The molecule has 160 valence electrons. The zero-order valence-corrected chi connectivity index (χ0v) is 18.8. The van der Waals surface area contributed by atoms with Gasteiger partial charge in [-0.15, -0.1) is 0 Å². The van der Waals surface area contributed by atoms with Gasteiger partial charge in [-0.3, -0.25) is 13.9 Å². The van der Waals surface area contributed by atoms with Gasteiger partial charge in [0.1, 0.15) is 17.6 Å². The molecule has 1 rings (SSSR count). The highest BCUT2D eigenvalue weighted by Crippen LogP contribution is 2.45. The molecule has 0 radical (unpaired) electrons. The molecule has 0 saturated heterocycles. The van der Waals surface area contributed by atoms with E-state index in [9.17, 15) is 14.5 Å². The molecule has 0 saturated carbocycles. The molecule has 8 heteroatoms. The maximum Gasteiger partial charge on any atom is 0.324 e. The van der Waals surface area contributed by atoms with Crippen molar-refractivity contribution >= 4 is 13.5 Å². The van der Waals surface area contributed by atoms with Gasteiger partial charge in [-0.25, -0.2) is 5.09 Å². The summed E-state index contributed by atoms with van der Waals surface area (Å²) in [5, 5.41) is 12.1. The van der Waals surface area contributed by atoms with Gasteiger partial charge in [-0.1, -0.05) is 52.8 Å². The normalized spacial score (nSPS) is 16.0. The van der Waals surface area contributed by atoms with Crippen LogP contribution in [0.2, 0.25) is 0 Å². The Kier molecular flexibility index (Phi) is 9.15. The highest BCUT2D eigenvalue weighted by Gasteiger charge is 2.39. The molecule has 2 N–H and O–H groups in total. The average Bonchev–Trinajstić information content (AvgIpc) is 2.61. The van der Waals surface area contributed by atoms with E-state index < -0.39 is 19.0 Å². The van der Waals surface area contributed by atoms with E-state index >= 15 is 0 Å². The molecule has 0 spiro atoms. The van der Waals surface area contributed by atoms with Crippen molar-refractivity contribution in [1.82, 2.24) is 5.09 Å². The van der Waals surface area contributed by atoms with Gasteiger partial charge in [-0.05, 0) is 36.3 Å². The van der Waals surface area contributed by atoms with Crippen molar-refractivity contribution in [2.45, 2.75) is 65.3 Å². The van der Waals surface area contributed by atoms with Crippen molar-refractivity contribution in [2.24, 2.45) is 0 Å². The van der Waals surface area contributed by atoms with Crippen LogP contribution in [0.1, 0.15) is 70.9 Å². The number of methoxy groups -OCH3 is 1. The Labute approximate surface area is 168 Å². The second-order valence-electron chi connectivity index (χ2n) is 7.66. The first-order chi connectivity index (χ1) is 13.0. The summed E-state index contributed by atoms with van der Waals surface area (Å²) >= 11 is 0. The van der Waals surface area contributed by atoms with Crippen LogP contribution in [0, 0.1) is 0 Å². The average molecular weight is 415 g/mol. The lowest BCUT2D eigenvalue weighted by molar-refractivity contribution is -0.143. The molecule has 0 heterocycles. The van der Waals surface area contributed by atoms with Crippen LogP contribution in [-0.4, -0.2) is 36.9 Å². The van der Waals surface area contributed by atoms with Gasteiger partial charge in [0.15, 0.2) is 6.79 Å². The van der Waals surface area contributed by atoms with Gasteiger partial charge in [0.2, 0.25) is 0 Å². The lowest BCUT2D eigenvalue weighted by Gasteiger charge is -2.30. The highest BCUT2D eigenvalue weighted by molar-refractivity contribution is 7.56. The van der Waals surface area contributed by atoms with E-state index in [4.69, 9.17) is 14.0 Å². The van der Waals surface area contributed by atoms with E-state index in [0.717, 1.165) is 11.1 Å². The number of para-hydroxylation sites is 1. The molecular weight excluding hydrogens is 381 g/mol. The maximum absolute atomic E-state index is 13.1. The van der Waals surface area contributed by atoms with Crippen LogP contribution in [0.25, 0.3) is 0 Å². The van der Waals surface area contributed by atoms with Gasteiger partial charge < -0.3 is 14.6 Å². The van der Waals surface area contributed by atoms with Crippen molar-refractivity contribution < 1.29 is 28.5 Å². The van der Waals surface area contributed by atoms with Gasteiger partial charge in [-0.2, -0.15) is 0 Å². The fourth-order valence-corrected chi connectivity index (χ4v) is 4.52. The molecule has 0 amide bonds. The second-order valence-corrected chi connectivity index (χ2v) is 9.75. The number of benzene rings is 1. The molecule has 2 atom stereocenters. The predicted molar refractivity (Wildman–Crippen MR) is 110 cm³/mol. The zero-order chi connectivity index (χ0) is 21.5. The van der Waals surface area contributed by atoms with Crippen LogP contribution in [0.15, 0.2) is 18.2 Å². The Morgan fingerprint density at radius 3 is 2.14 bits per heavy atom. The SMILES string of the molecule is CCC(C)(NP(=O)(COC)OCOc1c(C(C)C)cccc1C(C)C)C(=O)O. The monoisotopic (exact) mass is 415 g/mol. The fourth-order valence-electron chi connectivity index (χ4n) is 2.75. The number of ether oxygens (including phenoxy) is 2. The van der Waals surface area contributed by atoms with E-state index in [-0.39, 0.29) is 31.4 Å². The van der Waals surface area contributed by atoms with Crippen molar-refractivity contribution in [1.29, 1.82) is 0 Å². The molecule has 0 aliphatic rings. The fraction of sp³-hybridized carbons (Fsp3) is 0.650. The lowest BCUT2D eigenvalue weighted by Crippen LogP contribution is -2.48. The summed E-state index contributed by atoms with van der Waals surface area (Å²) in [7, 11) is -2.22. The number of rotatable bonds is 12. The number of carbonyl (C=O) groups is 1. The van der Waals surface area contributed by atoms with Crippen LogP contribution in [0.5, 0.6) is 5.75 Å². The van der Waals surface area contributed by atoms with Gasteiger partial charge in [0.25, 0.3) is 7.52 Å². The molecule has 1 aromatic carbocycles. The van der Waals surface area contributed by atoms with Crippen molar-refractivity contribution in [3.8, 4) is 5.75 Å². The van der Waals surface area contributed by atoms with Gasteiger partial charge >= 0.3 is 5.97 Å². The summed E-state index contributed by atoms with van der Waals surface area (Å²) in [6.07, 6.45) is -0.0317. The van der Waals surface area contributed by atoms with E-state index in [0.29, 0.717) is 5.75 Å². The maximum atomic E-state index is 13.1. The predicted octanol–water partition coefficient (Wildman–Crippen LogP) is 4.93. The zero-order valence-electron chi connectivity index (χ0n) is 17.9. The lowest BCUT2D eigenvalue weighted by atomic mass is 9.94. The Morgan fingerprint density at radius 1 is 1.21 bits per heavy atom. The number of carboxylic acid groups (broad SMARTS) is 1. The Balaban J connectivity index is 3.03. The first-order valence-corrected chi connectivity index (χ1v) is 11.3. The number of hydrogen-bond donors (Lipinski definition) is 2. The molecule has 0 aliphatic heterocycles. The highest BCUT2D eigenvalue weighted by atomic mass is 31.2. The smallest absolute Gasteiger partial charge is 0.324 e.